The van der Waals surface area contributed by atoms with Gasteiger partial charge in [0.2, 0.25) is 0 Å². The van der Waals surface area contributed by atoms with Crippen LogP contribution in [0.15, 0.2) is 24.4 Å². The zero-order valence-electron chi connectivity index (χ0n) is 12.6. The maximum absolute atomic E-state index is 5.47. The van der Waals surface area contributed by atoms with Gasteiger partial charge in [-0.25, -0.2) is 0 Å². The summed E-state index contributed by atoms with van der Waals surface area (Å²) in [6.07, 6.45) is 1.88. The molecule has 0 amide bonds. The van der Waals surface area contributed by atoms with Crippen molar-refractivity contribution < 1.29 is 9.47 Å². The molecule has 5 nitrogen and oxygen atoms in total. The number of aromatic nitrogens is 2. The number of methoxy groups -OCH3 is 2. The molecule has 1 N–H and O–H groups in total. The molecule has 0 aliphatic heterocycles. The lowest BCUT2D eigenvalue weighted by atomic mass is 9.98. The van der Waals surface area contributed by atoms with Crippen LogP contribution < -0.4 is 14.8 Å². The van der Waals surface area contributed by atoms with E-state index in [-0.39, 0.29) is 6.04 Å². The highest BCUT2D eigenvalue weighted by Crippen LogP contribution is 2.33. The molecule has 1 heterocycles. The normalized spacial score (nSPS) is 12.2. The Kier molecular flexibility index (Phi) is 4.29. The third-order valence-corrected chi connectivity index (χ3v) is 3.62. The van der Waals surface area contributed by atoms with E-state index in [1.807, 2.05) is 43.2 Å². The molecule has 0 fully saturated rings. The minimum atomic E-state index is 0.00810. The molecule has 1 atom stereocenters. The Morgan fingerprint density at radius 2 is 1.95 bits per heavy atom. The first kappa shape index (κ1) is 14.4. The maximum Gasteiger partial charge on any atom is 0.124 e. The highest BCUT2D eigenvalue weighted by molar-refractivity contribution is 5.46. The average molecular weight is 275 g/mol. The van der Waals surface area contributed by atoms with Crippen LogP contribution in [0.25, 0.3) is 0 Å². The molecule has 2 aromatic rings. The second-order valence-corrected chi connectivity index (χ2v) is 4.64. The van der Waals surface area contributed by atoms with Crippen LogP contribution in [0.4, 0.5) is 0 Å². The van der Waals surface area contributed by atoms with Gasteiger partial charge in [0.05, 0.1) is 26.5 Å². The molecule has 0 bridgehead atoms. The third kappa shape index (κ3) is 2.49. The fourth-order valence-corrected chi connectivity index (χ4v) is 2.34. The molecule has 0 radical (unpaired) electrons. The van der Waals surface area contributed by atoms with Crippen LogP contribution in [-0.4, -0.2) is 31.0 Å². The fraction of sp³-hybridized carbons (Fsp3) is 0.400. The first-order valence-electron chi connectivity index (χ1n) is 6.50. The van der Waals surface area contributed by atoms with Crippen molar-refractivity contribution in [3.05, 3.63) is 41.2 Å². The molecular weight excluding hydrogens is 254 g/mol. The molecule has 1 unspecified atom stereocenters. The number of rotatable bonds is 5. The summed E-state index contributed by atoms with van der Waals surface area (Å²) in [7, 11) is 7.20. The molecule has 5 heteroatoms. The van der Waals surface area contributed by atoms with Crippen LogP contribution in [-0.2, 0) is 7.05 Å². The summed E-state index contributed by atoms with van der Waals surface area (Å²) in [6.45, 7) is 2.05. The average Bonchev–Trinajstić information content (AvgIpc) is 2.80. The molecule has 0 aliphatic rings. The van der Waals surface area contributed by atoms with Crippen LogP contribution in [0.2, 0.25) is 0 Å². The molecule has 1 aromatic heterocycles. The van der Waals surface area contributed by atoms with Gasteiger partial charge in [-0.1, -0.05) is 0 Å². The van der Waals surface area contributed by atoms with Crippen LogP contribution in [0, 0.1) is 6.92 Å². The highest BCUT2D eigenvalue weighted by Gasteiger charge is 2.21. The number of aryl methyl sites for hydroxylation is 1. The molecule has 0 saturated heterocycles. The summed E-state index contributed by atoms with van der Waals surface area (Å²) in [6, 6.07) is 5.82. The number of hydrogen-bond acceptors (Lipinski definition) is 4. The Labute approximate surface area is 119 Å². The number of nitrogens with zero attached hydrogens (tertiary/aromatic N) is 2. The molecule has 0 saturated carbocycles. The van der Waals surface area contributed by atoms with Gasteiger partial charge < -0.3 is 14.8 Å². The first-order chi connectivity index (χ1) is 9.62. The van der Waals surface area contributed by atoms with Gasteiger partial charge >= 0.3 is 0 Å². The SMILES string of the molecule is CNC(c1cc(OC)ccc1OC)c1cnn(C)c1C. The summed E-state index contributed by atoms with van der Waals surface area (Å²) in [5.74, 6) is 1.64. The van der Waals surface area contributed by atoms with Gasteiger partial charge in [0.15, 0.2) is 0 Å². The topological polar surface area (TPSA) is 48.3 Å². The molecule has 20 heavy (non-hydrogen) atoms. The van der Waals surface area contributed by atoms with Crippen molar-refractivity contribution in [1.29, 1.82) is 0 Å². The van der Waals surface area contributed by atoms with Gasteiger partial charge in [-0.3, -0.25) is 4.68 Å². The lowest BCUT2D eigenvalue weighted by molar-refractivity contribution is 0.395. The Hall–Kier alpha value is -2.01. The van der Waals surface area contributed by atoms with Gasteiger partial charge in [0, 0.05) is 23.9 Å². The number of hydrogen-bond donors (Lipinski definition) is 1. The molecule has 2 rings (SSSR count). The Balaban J connectivity index is 2.53. The zero-order chi connectivity index (χ0) is 14.7. The lowest BCUT2D eigenvalue weighted by Crippen LogP contribution is -2.19. The second kappa shape index (κ2) is 5.96. The van der Waals surface area contributed by atoms with E-state index in [1.54, 1.807) is 14.2 Å². The van der Waals surface area contributed by atoms with Gasteiger partial charge in [0.25, 0.3) is 0 Å². The van der Waals surface area contributed by atoms with Crippen molar-refractivity contribution in [2.24, 2.45) is 7.05 Å². The predicted molar refractivity (Wildman–Crippen MR) is 78.4 cm³/mol. The van der Waals surface area contributed by atoms with E-state index < -0.39 is 0 Å². The highest BCUT2D eigenvalue weighted by atomic mass is 16.5. The summed E-state index contributed by atoms with van der Waals surface area (Å²) < 4.78 is 12.7. The summed E-state index contributed by atoms with van der Waals surface area (Å²) in [5.41, 5.74) is 3.28. The van der Waals surface area contributed by atoms with Gasteiger partial charge in [0.1, 0.15) is 11.5 Å². The van der Waals surface area contributed by atoms with E-state index in [9.17, 15) is 0 Å². The molecule has 1 aromatic carbocycles. The van der Waals surface area contributed by atoms with Crippen LogP contribution in [0.1, 0.15) is 22.9 Å². The van der Waals surface area contributed by atoms with E-state index >= 15 is 0 Å². The van der Waals surface area contributed by atoms with Crippen molar-refractivity contribution in [3.8, 4) is 11.5 Å². The predicted octanol–water partition coefficient (Wildman–Crippen LogP) is 2.05. The standard InChI is InChI=1S/C15H21N3O2/c1-10-13(9-17-18(10)3)15(16-2)12-8-11(19-4)6-7-14(12)20-5/h6-9,15-16H,1-5H3. The smallest absolute Gasteiger partial charge is 0.124 e. The molecular formula is C15H21N3O2. The largest absolute Gasteiger partial charge is 0.497 e. The van der Waals surface area contributed by atoms with Crippen LogP contribution in [0.5, 0.6) is 11.5 Å². The number of ether oxygens (including phenoxy) is 2. The fourth-order valence-electron chi connectivity index (χ4n) is 2.34. The van der Waals surface area contributed by atoms with Crippen molar-refractivity contribution in [3.63, 3.8) is 0 Å². The Morgan fingerprint density at radius 3 is 2.45 bits per heavy atom. The van der Waals surface area contributed by atoms with Crippen LogP contribution >= 0.6 is 0 Å². The zero-order valence-corrected chi connectivity index (χ0v) is 12.6. The van der Waals surface area contributed by atoms with Crippen molar-refractivity contribution >= 4 is 0 Å². The van der Waals surface area contributed by atoms with Crippen molar-refractivity contribution in [1.82, 2.24) is 15.1 Å². The van der Waals surface area contributed by atoms with Gasteiger partial charge in [-0.2, -0.15) is 5.10 Å². The van der Waals surface area contributed by atoms with E-state index in [2.05, 4.69) is 17.3 Å². The minimum absolute atomic E-state index is 0.00810. The summed E-state index contributed by atoms with van der Waals surface area (Å²) in [4.78, 5) is 0. The van der Waals surface area contributed by atoms with E-state index in [1.165, 1.54) is 0 Å². The Morgan fingerprint density at radius 1 is 1.20 bits per heavy atom. The minimum Gasteiger partial charge on any atom is -0.497 e. The first-order valence-corrected chi connectivity index (χ1v) is 6.50. The maximum atomic E-state index is 5.47. The summed E-state index contributed by atoms with van der Waals surface area (Å²) in [5, 5.41) is 7.64. The summed E-state index contributed by atoms with van der Waals surface area (Å²) >= 11 is 0. The van der Waals surface area contributed by atoms with Gasteiger partial charge in [-0.15, -0.1) is 0 Å². The van der Waals surface area contributed by atoms with Crippen molar-refractivity contribution in [2.75, 3.05) is 21.3 Å². The van der Waals surface area contributed by atoms with Crippen LogP contribution in [0.3, 0.4) is 0 Å². The Bertz CT molecular complexity index is 593. The number of nitrogens with one attached hydrogen (secondary N) is 1. The number of benzene rings is 1. The van der Waals surface area contributed by atoms with E-state index in [0.717, 1.165) is 28.3 Å². The van der Waals surface area contributed by atoms with Crippen molar-refractivity contribution in [2.45, 2.75) is 13.0 Å². The monoisotopic (exact) mass is 275 g/mol. The molecule has 0 aliphatic carbocycles. The quantitative estimate of drug-likeness (QED) is 0.907. The second-order valence-electron chi connectivity index (χ2n) is 4.64. The third-order valence-electron chi connectivity index (χ3n) is 3.62. The lowest BCUT2D eigenvalue weighted by Gasteiger charge is -2.20. The van der Waals surface area contributed by atoms with E-state index in [0.29, 0.717) is 0 Å². The molecule has 0 spiro atoms. The molecule has 108 valence electrons. The van der Waals surface area contributed by atoms with Gasteiger partial charge in [-0.05, 0) is 32.2 Å². The van der Waals surface area contributed by atoms with E-state index in [4.69, 9.17) is 9.47 Å².